The second-order valence-electron chi connectivity index (χ2n) is 3.19. The fraction of sp³-hybridized carbons (Fsp3) is 0.714. The molecule has 0 amide bonds. The third kappa shape index (κ3) is 7.27. The second kappa shape index (κ2) is 4.92. The van der Waals surface area contributed by atoms with Gasteiger partial charge in [-0.1, -0.05) is 0 Å². The lowest BCUT2D eigenvalue weighted by atomic mass is 10.7. The first-order valence-electron chi connectivity index (χ1n) is 3.84. The molecule has 0 unspecified atom stereocenters. The summed E-state index contributed by atoms with van der Waals surface area (Å²) >= 11 is 0. The fourth-order valence-electron chi connectivity index (χ4n) is 0.407. The van der Waals surface area contributed by atoms with Gasteiger partial charge >= 0.3 is 5.97 Å². The van der Waals surface area contributed by atoms with Gasteiger partial charge in [-0.15, -0.1) is 5.16 Å². The Morgan fingerprint density at radius 1 is 1.50 bits per heavy atom. The lowest BCUT2D eigenvalue weighted by Crippen LogP contribution is -2.22. The SMILES string of the molecule is CCOC(=O)C=NO[Si](C)(C)C. The zero-order valence-electron chi connectivity index (χ0n) is 7.96. The van der Waals surface area contributed by atoms with Crippen molar-refractivity contribution in [1.29, 1.82) is 0 Å². The Balaban J connectivity index is 3.69. The molecule has 0 aromatic heterocycles. The maximum absolute atomic E-state index is 10.7. The standard InChI is InChI=1S/C7H15NO3Si/c1-5-10-7(9)6-8-11-12(2,3)4/h6H,5H2,1-4H3. The number of hydrogen-bond donors (Lipinski definition) is 0. The van der Waals surface area contributed by atoms with Gasteiger partial charge in [0.2, 0.25) is 0 Å². The maximum Gasteiger partial charge on any atom is 0.352 e. The van der Waals surface area contributed by atoms with Crippen molar-refractivity contribution in [3.8, 4) is 0 Å². The Labute approximate surface area is 73.7 Å². The van der Waals surface area contributed by atoms with Crippen LogP contribution in [0, 0.1) is 0 Å². The van der Waals surface area contributed by atoms with Gasteiger partial charge in [0.25, 0.3) is 8.32 Å². The number of oxime groups is 1. The van der Waals surface area contributed by atoms with Crippen molar-refractivity contribution in [2.24, 2.45) is 5.16 Å². The van der Waals surface area contributed by atoms with Crippen molar-refractivity contribution in [2.45, 2.75) is 26.6 Å². The second-order valence-corrected chi connectivity index (χ2v) is 7.60. The Morgan fingerprint density at radius 2 is 2.08 bits per heavy atom. The summed E-state index contributed by atoms with van der Waals surface area (Å²) in [6.07, 6.45) is 1.06. The van der Waals surface area contributed by atoms with Crippen LogP contribution in [0.25, 0.3) is 0 Å². The molecule has 0 heterocycles. The van der Waals surface area contributed by atoms with Crippen molar-refractivity contribution < 1.29 is 14.1 Å². The van der Waals surface area contributed by atoms with Gasteiger partial charge < -0.3 is 9.26 Å². The predicted octanol–water partition coefficient (Wildman–Crippen LogP) is 1.39. The molecule has 0 rings (SSSR count). The molecule has 0 aromatic rings. The Bertz CT molecular complexity index is 174. The van der Waals surface area contributed by atoms with Crippen molar-refractivity contribution in [1.82, 2.24) is 0 Å². The summed E-state index contributed by atoms with van der Waals surface area (Å²) in [6, 6.07) is 0. The first kappa shape index (κ1) is 11.2. The van der Waals surface area contributed by atoms with E-state index in [4.69, 9.17) is 4.53 Å². The molecule has 0 saturated heterocycles. The zero-order valence-corrected chi connectivity index (χ0v) is 8.96. The highest BCUT2D eigenvalue weighted by Crippen LogP contribution is 2.01. The Kier molecular flexibility index (Phi) is 4.57. The van der Waals surface area contributed by atoms with E-state index in [0.29, 0.717) is 6.61 Å². The van der Waals surface area contributed by atoms with Crippen molar-refractivity contribution in [3.63, 3.8) is 0 Å². The van der Waals surface area contributed by atoms with E-state index in [1.165, 1.54) is 0 Å². The summed E-state index contributed by atoms with van der Waals surface area (Å²) in [5.74, 6) is -0.462. The smallest absolute Gasteiger partial charge is 0.352 e. The number of ether oxygens (including phenoxy) is 1. The molecule has 0 aliphatic carbocycles. The first-order valence-corrected chi connectivity index (χ1v) is 7.25. The van der Waals surface area contributed by atoms with Gasteiger partial charge in [0.05, 0.1) is 6.61 Å². The third-order valence-electron chi connectivity index (χ3n) is 0.771. The molecule has 0 spiro atoms. The van der Waals surface area contributed by atoms with Crippen molar-refractivity contribution in [2.75, 3.05) is 6.61 Å². The summed E-state index contributed by atoms with van der Waals surface area (Å²) in [5, 5.41) is 3.52. The van der Waals surface area contributed by atoms with Gasteiger partial charge in [0, 0.05) is 0 Å². The van der Waals surface area contributed by atoms with Crippen LogP contribution in [0.3, 0.4) is 0 Å². The zero-order chi connectivity index (χ0) is 9.61. The van der Waals surface area contributed by atoms with E-state index in [-0.39, 0.29) is 0 Å². The van der Waals surface area contributed by atoms with E-state index < -0.39 is 14.3 Å². The lowest BCUT2D eigenvalue weighted by Gasteiger charge is -2.11. The molecule has 0 radical (unpaired) electrons. The minimum absolute atomic E-state index is 0.359. The first-order chi connectivity index (χ1) is 5.45. The van der Waals surface area contributed by atoms with Gasteiger partial charge in [-0.2, -0.15) is 0 Å². The number of nitrogens with zero attached hydrogens (tertiary/aromatic N) is 1. The lowest BCUT2D eigenvalue weighted by molar-refractivity contribution is -0.134. The van der Waals surface area contributed by atoms with Crippen LogP contribution in [-0.4, -0.2) is 27.1 Å². The average molecular weight is 189 g/mol. The summed E-state index contributed by atoms with van der Waals surface area (Å²) in [4.78, 5) is 10.7. The van der Waals surface area contributed by atoms with Crippen LogP contribution in [-0.2, 0) is 14.1 Å². The number of carbonyl (C=O) groups excluding carboxylic acids is 1. The fourth-order valence-corrected chi connectivity index (χ4v) is 0.776. The van der Waals surface area contributed by atoms with Gasteiger partial charge in [-0.3, -0.25) is 0 Å². The number of rotatable bonds is 4. The van der Waals surface area contributed by atoms with Gasteiger partial charge in [0.1, 0.15) is 6.21 Å². The van der Waals surface area contributed by atoms with Crippen molar-refractivity contribution in [3.05, 3.63) is 0 Å². The maximum atomic E-state index is 10.7. The highest BCUT2D eigenvalue weighted by atomic mass is 28.4. The molecule has 0 aliphatic rings. The predicted molar refractivity (Wildman–Crippen MR) is 49.6 cm³/mol. The van der Waals surface area contributed by atoms with E-state index in [0.717, 1.165) is 6.21 Å². The highest BCUT2D eigenvalue weighted by molar-refractivity contribution is 6.69. The summed E-state index contributed by atoms with van der Waals surface area (Å²) < 4.78 is 9.66. The van der Waals surface area contributed by atoms with Crippen LogP contribution in [0.15, 0.2) is 5.16 Å². The molecule has 70 valence electrons. The monoisotopic (exact) mass is 189 g/mol. The molecule has 0 saturated carbocycles. The summed E-state index contributed by atoms with van der Waals surface area (Å²) in [5.41, 5.74) is 0. The molecule has 0 aromatic carbocycles. The third-order valence-corrected chi connectivity index (χ3v) is 1.42. The number of esters is 1. The van der Waals surface area contributed by atoms with E-state index in [2.05, 4.69) is 9.89 Å². The van der Waals surface area contributed by atoms with Crippen LogP contribution in [0.5, 0.6) is 0 Å². The number of hydrogen-bond acceptors (Lipinski definition) is 4. The van der Waals surface area contributed by atoms with E-state index >= 15 is 0 Å². The highest BCUT2D eigenvalue weighted by Gasteiger charge is 2.15. The molecule has 0 aliphatic heterocycles. The van der Waals surface area contributed by atoms with E-state index in [9.17, 15) is 4.79 Å². The molecule has 0 N–H and O–H groups in total. The Hall–Kier alpha value is -0.843. The quantitative estimate of drug-likeness (QED) is 0.290. The largest absolute Gasteiger partial charge is 0.462 e. The summed E-state index contributed by atoms with van der Waals surface area (Å²) in [7, 11) is -1.65. The van der Waals surface area contributed by atoms with Gasteiger partial charge in [-0.25, -0.2) is 4.79 Å². The minimum atomic E-state index is -1.65. The Morgan fingerprint density at radius 3 is 2.50 bits per heavy atom. The average Bonchev–Trinajstić information content (AvgIpc) is 1.84. The van der Waals surface area contributed by atoms with E-state index in [1.807, 2.05) is 19.6 Å². The molecule has 12 heavy (non-hydrogen) atoms. The minimum Gasteiger partial charge on any atom is -0.462 e. The van der Waals surface area contributed by atoms with Crippen LogP contribution in [0.4, 0.5) is 0 Å². The topological polar surface area (TPSA) is 47.9 Å². The van der Waals surface area contributed by atoms with Crippen molar-refractivity contribution >= 4 is 20.5 Å². The van der Waals surface area contributed by atoms with Gasteiger partial charge in [-0.05, 0) is 26.6 Å². The molecule has 4 nitrogen and oxygen atoms in total. The van der Waals surface area contributed by atoms with Crippen LogP contribution in [0.2, 0.25) is 19.6 Å². The molecular weight excluding hydrogens is 174 g/mol. The molecule has 0 atom stereocenters. The van der Waals surface area contributed by atoms with E-state index in [1.54, 1.807) is 6.92 Å². The van der Waals surface area contributed by atoms with Gasteiger partial charge in [0.15, 0.2) is 0 Å². The molecule has 5 heteroatoms. The van der Waals surface area contributed by atoms with Crippen LogP contribution >= 0.6 is 0 Å². The van der Waals surface area contributed by atoms with Crippen LogP contribution in [0.1, 0.15) is 6.92 Å². The molecule has 0 bridgehead atoms. The van der Waals surface area contributed by atoms with Crippen LogP contribution < -0.4 is 0 Å². The summed E-state index contributed by atoms with van der Waals surface area (Å²) in [6.45, 7) is 8.05. The number of carbonyl (C=O) groups is 1. The normalized spacial score (nSPS) is 11.7. The molecule has 0 fully saturated rings. The molecular formula is C7H15NO3Si.